The lowest BCUT2D eigenvalue weighted by Gasteiger charge is -2.17. The molecule has 38 heavy (non-hydrogen) atoms. The SMILES string of the molecule is Cc1ccc(-c2cccc3[nH]c(-c4[nH]nc5ncc(-c6cncc(NC(=O)CC(C)(C)C)c6)cc45)nc23)s1. The van der Waals surface area contributed by atoms with Crippen molar-refractivity contribution in [3.8, 4) is 33.1 Å². The molecule has 0 aliphatic carbocycles. The van der Waals surface area contributed by atoms with E-state index in [1.54, 1.807) is 29.9 Å². The number of aromatic amines is 2. The van der Waals surface area contributed by atoms with Crippen LogP contribution in [0, 0.1) is 12.3 Å². The molecule has 0 unspecified atom stereocenters. The molecule has 0 aliphatic heterocycles. The molecule has 0 radical (unpaired) electrons. The van der Waals surface area contributed by atoms with Gasteiger partial charge in [0.2, 0.25) is 5.91 Å². The average Bonchev–Trinajstić information content (AvgIpc) is 3.60. The predicted molar refractivity (Wildman–Crippen MR) is 153 cm³/mol. The number of rotatable bonds is 5. The Bertz CT molecular complexity index is 1800. The fourth-order valence-corrected chi connectivity index (χ4v) is 5.41. The summed E-state index contributed by atoms with van der Waals surface area (Å²) in [6, 6.07) is 14.4. The number of para-hydroxylation sites is 1. The Morgan fingerprint density at radius 3 is 2.68 bits per heavy atom. The van der Waals surface area contributed by atoms with Crippen LogP contribution in [-0.4, -0.2) is 36.0 Å². The molecular weight excluding hydrogens is 494 g/mol. The summed E-state index contributed by atoms with van der Waals surface area (Å²) < 4.78 is 0. The molecule has 0 atom stereocenters. The summed E-state index contributed by atoms with van der Waals surface area (Å²) in [4.78, 5) is 32.2. The maximum Gasteiger partial charge on any atom is 0.224 e. The maximum atomic E-state index is 12.4. The van der Waals surface area contributed by atoms with E-state index < -0.39 is 0 Å². The number of pyridine rings is 2. The number of hydrogen-bond donors (Lipinski definition) is 3. The summed E-state index contributed by atoms with van der Waals surface area (Å²) in [7, 11) is 0. The minimum Gasteiger partial charge on any atom is -0.337 e. The van der Waals surface area contributed by atoms with Crippen molar-refractivity contribution >= 4 is 45.0 Å². The summed E-state index contributed by atoms with van der Waals surface area (Å²) in [6.07, 6.45) is 5.61. The number of fused-ring (bicyclic) bond motifs is 2. The highest BCUT2D eigenvalue weighted by atomic mass is 32.1. The van der Waals surface area contributed by atoms with Crippen LogP contribution in [0.5, 0.6) is 0 Å². The minimum atomic E-state index is -0.0953. The summed E-state index contributed by atoms with van der Waals surface area (Å²) in [5, 5.41) is 11.3. The maximum absolute atomic E-state index is 12.4. The van der Waals surface area contributed by atoms with Crippen LogP contribution < -0.4 is 5.32 Å². The zero-order chi connectivity index (χ0) is 26.4. The first kappa shape index (κ1) is 24.0. The third-order valence-corrected chi connectivity index (χ3v) is 7.25. The quantitative estimate of drug-likeness (QED) is 0.227. The largest absolute Gasteiger partial charge is 0.337 e. The van der Waals surface area contributed by atoms with E-state index in [2.05, 4.69) is 55.6 Å². The Morgan fingerprint density at radius 2 is 1.89 bits per heavy atom. The molecule has 5 heterocycles. The number of thiophene rings is 1. The van der Waals surface area contributed by atoms with Crippen molar-refractivity contribution < 1.29 is 4.79 Å². The van der Waals surface area contributed by atoms with Crippen LogP contribution in [0.2, 0.25) is 0 Å². The number of aromatic nitrogens is 6. The van der Waals surface area contributed by atoms with Crippen LogP contribution in [0.1, 0.15) is 32.1 Å². The number of amides is 1. The van der Waals surface area contributed by atoms with Gasteiger partial charge in [-0.25, -0.2) is 9.97 Å². The van der Waals surface area contributed by atoms with Crippen LogP contribution in [0.15, 0.2) is 61.1 Å². The van der Waals surface area contributed by atoms with E-state index in [9.17, 15) is 4.79 Å². The molecule has 5 aromatic heterocycles. The van der Waals surface area contributed by atoms with E-state index in [0.717, 1.165) is 38.8 Å². The highest BCUT2D eigenvalue weighted by molar-refractivity contribution is 7.15. The van der Waals surface area contributed by atoms with Gasteiger partial charge in [0.15, 0.2) is 11.5 Å². The number of carbonyl (C=O) groups is 1. The van der Waals surface area contributed by atoms with Crippen LogP contribution in [0.4, 0.5) is 5.69 Å². The molecule has 1 aromatic carbocycles. The van der Waals surface area contributed by atoms with Crippen LogP contribution in [-0.2, 0) is 4.79 Å². The Balaban J connectivity index is 1.36. The van der Waals surface area contributed by atoms with Gasteiger partial charge in [0.25, 0.3) is 0 Å². The molecule has 0 saturated heterocycles. The van der Waals surface area contributed by atoms with Gasteiger partial charge in [-0.1, -0.05) is 32.9 Å². The van der Waals surface area contributed by atoms with E-state index in [-0.39, 0.29) is 11.3 Å². The number of H-pyrrole nitrogens is 2. The van der Waals surface area contributed by atoms with Gasteiger partial charge in [-0.2, -0.15) is 5.10 Å². The molecule has 6 rings (SSSR count). The van der Waals surface area contributed by atoms with Gasteiger partial charge in [-0.15, -0.1) is 11.3 Å². The molecule has 0 aliphatic rings. The molecule has 8 nitrogen and oxygen atoms in total. The normalized spacial score (nSPS) is 11.9. The van der Waals surface area contributed by atoms with E-state index in [0.29, 0.717) is 23.6 Å². The molecule has 0 bridgehead atoms. The molecule has 0 fully saturated rings. The lowest BCUT2D eigenvalue weighted by Crippen LogP contribution is -2.19. The third-order valence-electron chi connectivity index (χ3n) is 6.21. The second kappa shape index (κ2) is 9.18. The monoisotopic (exact) mass is 521 g/mol. The number of hydrogen-bond acceptors (Lipinski definition) is 6. The fourth-order valence-electron chi connectivity index (χ4n) is 4.52. The number of anilines is 1. The lowest BCUT2D eigenvalue weighted by atomic mass is 9.92. The second-order valence-electron chi connectivity index (χ2n) is 10.6. The van der Waals surface area contributed by atoms with E-state index in [4.69, 9.17) is 4.98 Å². The van der Waals surface area contributed by atoms with Crippen molar-refractivity contribution in [3.63, 3.8) is 0 Å². The zero-order valence-electron chi connectivity index (χ0n) is 21.6. The molecule has 0 spiro atoms. The molecule has 3 N–H and O–H groups in total. The van der Waals surface area contributed by atoms with Gasteiger partial charge in [-0.3, -0.25) is 14.9 Å². The van der Waals surface area contributed by atoms with E-state index >= 15 is 0 Å². The summed E-state index contributed by atoms with van der Waals surface area (Å²) in [5.74, 6) is 0.660. The molecular formula is C29H27N7OS. The fraction of sp³-hybridized carbons (Fsp3) is 0.207. The number of nitrogens with zero attached hydrogens (tertiary/aromatic N) is 4. The number of imidazole rings is 1. The second-order valence-corrected chi connectivity index (χ2v) is 11.9. The Kier molecular flexibility index (Phi) is 5.80. The van der Waals surface area contributed by atoms with Gasteiger partial charge in [-0.05, 0) is 42.7 Å². The van der Waals surface area contributed by atoms with Crippen molar-refractivity contribution in [1.82, 2.24) is 30.1 Å². The molecule has 9 heteroatoms. The van der Waals surface area contributed by atoms with Gasteiger partial charge in [0.05, 0.1) is 28.3 Å². The van der Waals surface area contributed by atoms with E-state index in [1.807, 2.05) is 45.0 Å². The number of nitrogens with one attached hydrogen (secondary N) is 3. The smallest absolute Gasteiger partial charge is 0.224 e. The Labute approximate surface area is 223 Å². The van der Waals surface area contributed by atoms with Gasteiger partial charge in [0, 0.05) is 45.3 Å². The van der Waals surface area contributed by atoms with Crippen LogP contribution >= 0.6 is 11.3 Å². The van der Waals surface area contributed by atoms with Crippen molar-refractivity contribution in [2.75, 3.05) is 5.32 Å². The molecule has 0 saturated carbocycles. The van der Waals surface area contributed by atoms with Crippen molar-refractivity contribution in [2.24, 2.45) is 5.41 Å². The first-order chi connectivity index (χ1) is 18.2. The Hall–Kier alpha value is -4.37. The third kappa shape index (κ3) is 4.68. The first-order valence-electron chi connectivity index (χ1n) is 12.4. The topological polar surface area (TPSA) is 112 Å². The van der Waals surface area contributed by atoms with Crippen molar-refractivity contribution in [1.29, 1.82) is 0 Å². The van der Waals surface area contributed by atoms with Crippen molar-refractivity contribution in [2.45, 2.75) is 34.1 Å². The lowest BCUT2D eigenvalue weighted by molar-refractivity contribution is -0.117. The van der Waals surface area contributed by atoms with Crippen molar-refractivity contribution in [3.05, 3.63) is 65.9 Å². The summed E-state index contributed by atoms with van der Waals surface area (Å²) >= 11 is 1.76. The summed E-state index contributed by atoms with van der Waals surface area (Å²) in [5.41, 5.74) is 6.60. The van der Waals surface area contributed by atoms with Gasteiger partial charge in [0.1, 0.15) is 5.69 Å². The molecule has 1 amide bonds. The number of benzene rings is 1. The Morgan fingerprint density at radius 1 is 1.05 bits per heavy atom. The zero-order valence-corrected chi connectivity index (χ0v) is 22.4. The summed E-state index contributed by atoms with van der Waals surface area (Å²) in [6.45, 7) is 8.22. The molecule has 6 aromatic rings. The first-order valence-corrected chi connectivity index (χ1v) is 13.2. The van der Waals surface area contributed by atoms with Crippen LogP contribution in [0.25, 0.3) is 55.2 Å². The molecule has 190 valence electrons. The van der Waals surface area contributed by atoms with Gasteiger partial charge >= 0.3 is 0 Å². The van der Waals surface area contributed by atoms with E-state index in [1.165, 1.54) is 9.75 Å². The highest BCUT2D eigenvalue weighted by Crippen LogP contribution is 2.35. The van der Waals surface area contributed by atoms with Gasteiger partial charge < -0.3 is 10.3 Å². The van der Waals surface area contributed by atoms with Crippen LogP contribution in [0.3, 0.4) is 0 Å². The average molecular weight is 522 g/mol. The number of carbonyl (C=O) groups excluding carboxylic acids is 1. The number of aryl methyl sites for hydroxylation is 1. The highest BCUT2D eigenvalue weighted by Gasteiger charge is 2.18. The standard InChI is InChI=1S/C29H27N7OS/c1-16-8-9-23(38-16)20-6-5-7-22-25(20)34-28(33-22)26-21-11-18(14-31-27(21)36-35-26)17-10-19(15-30-13-17)32-24(37)12-29(2,3)4/h5-11,13-15H,12H2,1-4H3,(H,32,37)(H,33,34)(H,31,35,36). The minimum absolute atomic E-state index is 0.0379. The predicted octanol–water partition coefficient (Wildman–Crippen LogP) is 6.97.